The van der Waals surface area contributed by atoms with Gasteiger partial charge in [-0.1, -0.05) is 17.7 Å². The summed E-state index contributed by atoms with van der Waals surface area (Å²) in [6.45, 7) is 3.91. The molecule has 1 aromatic carbocycles. The molecule has 0 aliphatic rings. The Kier molecular flexibility index (Phi) is 5.48. The SMILES string of the molecule is Cc1ccc(OCC(=O)Nc2nc(Cc3n[nH]c(=S)n3C)cs2)c(C)c1. The molecule has 0 aliphatic heterocycles. The first-order chi connectivity index (χ1) is 12.4. The summed E-state index contributed by atoms with van der Waals surface area (Å²) in [6, 6.07) is 5.84. The molecule has 0 radical (unpaired) electrons. The molecule has 0 spiro atoms. The molecule has 0 saturated heterocycles. The maximum Gasteiger partial charge on any atom is 0.264 e. The Bertz CT molecular complexity index is 989. The molecule has 2 aromatic heterocycles. The number of hydrogen-bond donors (Lipinski definition) is 2. The van der Waals surface area contributed by atoms with E-state index >= 15 is 0 Å². The number of hydrogen-bond acceptors (Lipinski definition) is 6. The van der Waals surface area contributed by atoms with Gasteiger partial charge in [0.2, 0.25) is 0 Å². The number of aromatic amines is 1. The third-order valence-electron chi connectivity index (χ3n) is 3.80. The van der Waals surface area contributed by atoms with Gasteiger partial charge in [0.15, 0.2) is 16.5 Å². The summed E-state index contributed by atoms with van der Waals surface area (Å²) in [7, 11) is 1.85. The first kappa shape index (κ1) is 18.3. The fraction of sp³-hybridized carbons (Fsp3) is 0.294. The van der Waals surface area contributed by atoms with E-state index in [4.69, 9.17) is 17.0 Å². The topological polar surface area (TPSA) is 84.8 Å². The minimum atomic E-state index is -0.246. The van der Waals surface area contributed by atoms with E-state index in [0.717, 1.165) is 22.6 Å². The van der Waals surface area contributed by atoms with E-state index in [1.54, 1.807) is 4.57 Å². The van der Waals surface area contributed by atoms with E-state index in [9.17, 15) is 4.79 Å². The molecule has 0 unspecified atom stereocenters. The van der Waals surface area contributed by atoms with Gasteiger partial charge in [-0.15, -0.1) is 11.3 Å². The number of thiazole rings is 1. The van der Waals surface area contributed by atoms with Gasteiger partial charge < -0.3 is 9.30 Å². The predicted molar refractivity (Wildman–Crippen MR) is 103 cm³/mol. The van der Waals surface area contributed by atoms with Gasteiger partial charge in [-0.05, 0) is 37.7 Å². The summed E-state index contributed by atoms with van der Waals surface area (Å²) in [6.07, 6.45) is 0.537. The number of aryl methyl sites for hydroxylation is 2. The Labute approximate surface area is 160 Å². The lowest BCUT2D eigenvalue weighted by Gasteiger charge is -2.09. The Morgan fingerprint density at radius 3 is 2.92 bits per heavy atom. The van der Waals surface area contributed by atoms with Crippen molar-refractivity contribution in [3.8, 4) is 5.75 Å². The molecule has 7 nitrogen and oxygen atoms in total. The molecule has 0 fully saturated rings. The zero-order valence-electron chi connectivity index (χ0n) is 14.7. The van der Waals surface area contributed by atoms with Crippen LogP contribution in [0, 0.1) is 18.6 Å². The highest BCUT2D eigenvalue weighted by molar-refractivity contribution is 7.71. The molecule has 3 rings (SSSR count). The molecule has 0 atom stereocenters. The first-order valence-corrected chi connectivity index (χ1v) is 9.25. The Morgan fingerprint density at radius 2 is 2.23 bits per heavy atom. The van der Waals surface area contributed by atoms with Crippen LogP contribution in [0.3, 0.4) is 0 Å². The minimum Gasteiger partial charge on any atom is -0.483 e. The highest BCUT2D eigenvalue weighted by Crippen LogP contribution is 2.20. The number of amides is 1. The van der Waals surface area contributed by atoms with Crippen LogP contribution in [-0.4, -0.2) is 32.3 Å². The van der Waals surface area contributed by atoms with Gasteiger partial charge in [0.25, 0.3) is 5.91 Å². The largest absolute Gasteiger partial charge is 0.483 e. The number of H-pyrrole nitrogens is 1. The zero-order chi connectivity index (χ0) is 18.7. The summed E-state index contributed by atoms with van der Waals surface area (Å²) in [5, 5.41) is 12.1. The number of anilines is 1. The standard InChI is InChI=1S/C17H19N5O2S2/c1-10-4-5-13(11(2)6-10)24-8-15(23)19-16-18-12(9-26-16)7-14-20-21-17(25)22(14)3/h4-6,9H,7-8H2,1-3H3,(H,21,25)(H,18,19,23). The first-order valence-electron chi connectivity index (χ1n) is 7.97. The van der Waals surface area contributed by atoms with E-state index in [2.05, 4.69) is 20.5 Å². The third-order valence-corrected chi connectivity index (χ3v) is 4.97. The number of carbonyl (C=O) groups excluding carboxylic acids is 1. The quantitative estimate of drug-likeness (QED) is 0.633. The van der Waals surface area contributed by atoms with Crippen LogP contribution in [0.25, 0.3) is 0 Å². The normalized spacial score (nSPS) is 10.7. The maximum atomic E-state index is 12.1. The number of aromatic nitrogens is 4. The molecule has 26 heavy (non-hydrogen) atoms. The van der Waals surface area contributed by atoms with E-state index in [1.165, 1.54) is 11.3 Å². The van der Waals surface area contributed by atoms with Gasteiger partial charge in [0.05, 0.1) is 12.1 Å². The van der Waals surface area contributed by atoms with Crippen molar-refractivity contribution in [1.29, 1.82) is 0 Å². The van der Waals surface area contributed by atoms with Crippen molar-refractivity contribution in [3.05, 3.63) is 51.0 Å². The highest BCUT2D eigenvalue weighted by Gasteiger charge is 2.11. The molecular weight excluding hydrogens is 370 g/mol. The van der Waals surface area contributed by atoms with E-state index in [-0.39, 0.29) is 12.5 Å². The molecule has 0 bridgehead atoms. The summed E-state index contributed by atoms with van der Waals surface area (Å²) in [5.41, 5.74) is 2.98. The van der Waals surface area contributed by atoms with E-state index in [0.29, 0.717) is 22.1 Å². The number of nitrogens with one attached hydrogen (secondary N) is 2. The molecule has 9 heteroatoms. The molecular formula is C17H19N5O2S2. The van der Waals surface area contributed by atoms with Crippen molar-refractivity contribution >= 4 is 34.6 Å². The number of benzene rings is 1. The molecule has 1 amide bonds. The van der Waals surface area contributed by atoms with Crippen LogP contribution in [0.15, 0.2) is 23.6 Å². The molecule has 0 saturated carbocycles. The van der Waals surface area contributed by atoms with Crippen molar-refractivity contribution in [1.82, 2.24) is 19.7 Å². The molecule has 2 heterocycles. The maximum absolute atomic E-state index is 12.1. The second-order valence-corrected chi connectivity index (χ2v) is 7.18. The average molecular weight is 390 g/mol. The number of ether oxygens (including phenoxy) is 1. The predicted octanol–water partition coefficient (Wildman–Crippen LogP) is 3.16. The fourth-order valence-electron chi connectivity index (χ4n) is 2.41. The lowest BCUT2D eigenvalue weighted by molar-refractivity contribution is -0.118. The van der Waals surface area contributed by atoms with Gasteiger partial charge in [0.1, 0.15) is 11.6 Å². The summed E-state index contributed by atoms with van der Waals surface area (Å²) < 4.78 is 7.94. The lowest BCUT2D eigenvalue weighted by atomic mass is 10.1. The van der Waals surface area contributed by atoms with Crippen molar-refractivity contribution in [2.24, 2.45) is 7.05 Å². The smallest absolute Gasteiger partial charge is 0.264 e. The molecule has 0 aliphatic carbocycles. The van der Waals surface area contributed by atoms with E-state index < -0.39 is 0 Å². The third kappa shape index (κ3) is 4.36. The summed E-state index contributed by atoms with van der Waals surface area (Å²) in [5.74, 6) is 1.25. The Morgan fingerprint density at radius 1 is 1.42 bits per heavy atom. The van der Waals surface area contributed by atoms with Crippen LogP contribution in [0.5, 0.6) is 5.75 Å². The minimum absolute atomic E-state index is 0.0630. The average Bonchev–Trinajstić information content (AvgIpc) is 3.16. The van der Waals surface area contributed by atoms with Gasteiger partial charge in [-0.2, -0.15) is 5.10 Å². The zero-order valence-corrected chi connectivity index (χ0v) is 16.3. The van der Waals surface area contributed by atoms with Crippen LogP contribution in [0.1, 0.15) is 22.6 Å². The second-order valence-electron chi connectivity index (χ2n) is 5.93. The number of nitrogens with zero attached hydrogens (tertiary/aromatic N) is 3. The van der Waals surface area contributed by atoms with Crippen LogP contribution in [0.4, 0.5) is 5.13 Å². The van der Waals surface area contributed by atoms with Crippen molar-refractivity contribution in [2.75, 3.05) is 11.9 Å². The second kappa shape index (κ2) is 7.79. The van der Waals surface area contributed by atoms with Crippen LogP contribution < -0.4 is 10.1 Å². The van der Waals surface area contributed by atoms with E-state index in [1.807, 2.05) is 44.5 Å². The molecule has 3 aromatic rings. The monoisotopic (exact) mass is 389 g/mol. The highest BCUT2D eigenvalue weighted by atomic mass is 32.1. The molecule has 136 valence electrons. The molecule has 2 N–H and O–H groups in total. The van der Waals surface area contributed by atoms with Gasteiger partial charge in [-0.25, -0.2) is 4.98 Å². The lowest BCUT2D eigenvalue weighted by Crippen LogP contribution is -2.20. The fourth-order valence-corrected chi connectivity index (χ4v) is 3.28. The van der Waals surface area contributed by atoms with Crippen molar-refractivity contribution in [3.63, 3.8) is 0 Å². The summed E-state index contributed by atoms with van der Waals surface area (Å²) in [4.78, 5) is 16.5. The Balaban J connectivity index is 1.55. The number of rotatable bonds is 6. The van der Waals surface area contributed by atoms with Gasteiger partial charge >= 0.3 is 0 Å². The number of carbonyl (C=O) groups is 1. The van der Waals surface area contributed by atoms with Crippen LogP contribution >= 0.6 is 23.6 Å². The van der Waals surface area contributed by atoms with Crippen molar-refractivity contribution < 1.29 is 9.53 Å². The van der Waals surface area contributed by atoms with Gasteiger partial charge in [0, 0.05) is 12.4 Å². The summed E-state index contributed by atoms with van der Waals surface area (Å²) >= 11 is 6.46. The van der Waals surface area contributed by atoms with Crippen molar-refractivity contribution in [2.45, 2.75) is 20.3 Å². The van der Waals surface area contributed by atoms with Crippen LogP contribution in [-0.2, 0) is 18.3 Å². The Hall–Kier alpha value is -2.52. The van der Waals surface area contributed by atoms with Gasteiger partial charge in [-0.3, -0.25) is 15.2 Å². The van der Waals surface area contributed by atoms with Crippen LogP contribution in [0.2, 0.25) is 0 Å².